The normalized spacial score (nSPS) is 17.6. The number of aryl methyl sites for hydroxylation is 1. The quantitative estimate of drug-likeness (QED) is 0.706. The predicted molar refractivity (Wildman–Crippen MR) is 108 cm³/mol. The Labute approximate surface area is 164 Å². The molecule has 0 aliphatic carbocycles. The number of para-hydroxylation sites is 1. The highest BCUT2D eigenvalue weighted by atomic mass is 16.2. The second kappa shape index (κ2) is 7.36. The number of likely N-dealkylation sites (tertiary alicyclic amines) is 1. The third-order valence-corrected chi connectivity index (χ3v) is 5.88. The van der Waals surface area contributed by atoms with Crippen LogP contribution >= 0.6 is 0 Å². The summed E-state index contributed by atoms with van der Waals surface area (Å²) in [7, 11) is 0. The van der Waals surface area contributed by atoms with Crippen LogP contribution in [0.1, 0.15) is 41.1 Å². The zero-order valence-corrected chi connectivity index (χ0v) is 16.0. The van der Waals surface area contributed by atoms with Crippen LogP contribution in [-0.2, 0) is 19.6 Å². The number of benzene rings is 1. The van der Waals surface area contributed by atoms with Crippen molar-refractivity contribution in [1.82, 2.24) is 24.3 Å². The van der Waals surface area contributed by atoms with Gasteiger partial charge in [-0.15, -0.1) is 0 Å². The molecule has 2 aliphatic heterocycles. The van der Waals surface area contributed by atoms with Crippen molar-refractivity contribution >= 4 is 16.8 Å². The third kappa shape index (κ3) is 3.29. The van der Waals surface area contributed by atoms with E-state index < -0.39 is 0 Å². The van der Waals surface area contributed by atoms with Crippen LogP contribution in [0.4, 0.5) is 0 Å². The number of hydrogen-bond donors (Lipinski definition) is 0. The van der Waals surface area contributed by atoms with Gasteiger partial charge in [0.2, 0.25) is 0 Å². The Balaban J connectivity index is 1.40. The highest BCUT2D eigenvalue weighted by Gasteiger charge is 2.25. The van der Waals surface area contributed by atoms with Crippen molar-refractivity contribution in [2.75, 3.05) is 19.6 Å². The lowest BCUT2D eigenvalue weighted by molar-refractivity contribution is 0.0739. The Morgan fingerprint density at radius 1 is 0.964 bits per heavy atom. The zero-order chi connectivity index (χ0) is 18.9. The maximum Gasteiger partial charge on any atom is 0.272 e. The molecule has 6 nitrogen and oxygen atoms in total. The summed E-state index contributed by atoms with van der Waals surface area (Å²) in [6.07, 6.45) is 5.43. The van der Waals surface area contributed by atoms with Crippen LogP contribution in [0.3, 0.4) is 0 Å². The minimum atomic E-state index is 0.00697. The molecule has 0 radical (unpaired) electrons. The van der Waals surface area contributed by atoms with E-state index in [1.54, 1.807) is 0 Å². The number of nitrogens with zero attached hydrogens (tertiary/aromatic N) is 5. The van der Waals surface area contributed by atoms with Crippen LogP contribution in [0.25, 0.3) is 10.9 Å². The lowest BCUT2D eigenvalue weighted by Crippen LogP contribution is -2.32. The number of hydrogen-bond acceptors (Lipinski definition) is 4. The summed E-state index contributed by atoms with van der Waals surface area (Å²) in [5.74, 6) is 0.00697. The van der Waals surface area contributed by atoms with Gasteiger partial charge in [-0.05, 0) is 44.5 Å². The fourth-order valence-corrected chi connectivity index (χ4v) is 4.32. The molecule has 0 atom stereocenters. The molecule has 0 spiro atoms. The first-order valence-corrected chi connectivity index (χ1v) is 10.2. The number of fused-ring (bicyclic) bond motifs is 2. The number of carbonyl (C=O) groups excluding carboxylic acids is 1. The number of rotatable bonds is 3. The van der Waals surface area contributed by atoms with Crippen molar-refractivity contribution in [3.8, 4) is 0 Å². The molecule has 1 saturated heterocycles. The van der Waals surface area contributed by atoms with Gasteiger partial charge in [0.25, 0.3) is 5.91 Å². The van der Waals surface area contributed by atoms with Gasteiger partial charge in [-0.25, -0.2) is 9.97 Å². The topological polar surface area (TPSA) is 54.3 Å². The third-order valence-electron chi connectivity index (χ3n) is 5.88. The molecule has 0 unspecified atom stereocenters. The van der Waals surface area contributed by atoms with E-state index in [9.17, 15) is 4.79 Å². The van der Waals surface area contributed by atoms with E-state index in [0.29, 0.717) is 12.2 Å². The van der Waals surface area contributed by atoms with Crippen LogP contribution in [0.15, 0.2) is 42.7 Å². The Kier molecular flexibility index (Phi) is 4.56. The Morgan fingerprint density at radius 3 is 2.71 bits per heavy atom. The van der Waals surface area contributed by atoms with Gasteiger partial charge >= 0.3 is 0 Å². The smallest absolute Gasteiger partial charge is 0.272 e. The fourth-order valence-electron chi connectivity index (χ4n) is 4.32. The standard InChI is InChI=1S/C22H25N5O/c28-22(19-9-8-17-6-1-2-7-18(17)24-19)26-12-5-13-27-16-23-20(21(27)15-26)14-25-10-3-4-11-25/h1-2,6-9,16H,3-5,10-15H2. The molecule has 1 aromatic carbocycles. The summed E-state index contributed by atoms with van der Waals surface area (Å²) in [6.45, 7) is 5.45. The Morgan fingerprint density at radius 2 is 1.82 bits per heavy atom. The fraction of sp³-hybridized carbons (Fsp3) is 0.409. The van der Waals surface area contributed by atoms with Crippen molar-refractivity contribution in [2.45, 2.75) is 38.9 Å². The van der Waals surface area contributed by atoms with Crippen molar-refractivity contribution in [3.63, 3.8) is 0 Å². The average Bonchev–Trinajstić information content (AvgIpc) is 3.32. The molecule has 0 bridgehead atoms. The van der Waals surface area contributed by atoms with Crippen LogP contribution < -0.4 is 0 Å². The SMILES string of the molecule is O=C(c1ccc2ccccc2n1)N1CCCn2cnc(CN3CCCC3)c2C1. The summed E-state index contributed by atoms with van der Waals surface area (Å²) in [5.41, 5.74) is 3.68. The summed E-state index contributed by atoms with van der Waals surface area (Å²) >= 11 is 0. The van der Waals surface area contributed by atoms with Crippen molar-refractivity contribution in [3.05, 3.63) is 59.8 Å². The molecular weight excluding hydrogens is 350 g/mol. The van der Waals surface area contributed by atoms with Crippen LogP contribution in [0.5, 0.6) is 0 Å². The molecule has 6 heteroatoms. The van der Waals surface area contributed by atoms with Crippen LogP contribution in [-0.4, -0.2) is 49.9 Å². The molecule has 1 amide bonds. The lowest BCUT2D eigenvalue weighted by Gasteiger charge is -2.21. The Bertz CT molecular complexity index is 1010. The van der Waals surface area contributed by atoms with Gasteiger partial charge in [-0.2, -0.15) is 0 Å². The summed E-state index contributed by atoms with van der Waals surface area (Å²) < 4.78 is 2.23. The van der Waals surface area contributed by atoms with E-state index in [4.69, 9.17) is 0 Å². The lowest BCUT2D eigenvalue weighted by atomic mass is 10.2. The van der Waals surface area contributed by atoms with Gasteiger partial charge in [0.15, 0.2) is 0 Å². The maximum atomic E-state index is 13.2. The second-order valence-corrected chi connectivity index (χ2v) is 7.78. The van der Waals surface area contributed by atoms with Gasteiger partial charge in [0.1, 0.15) is 5.69 Å². The monoisotopic (exact) mass is 375 g/mol. The summed E-state index contributed by atoms with van der Waals surface area (Å²) in [4.78, 5) is 26.9. The van der Waals surface area contributed by atoms with Gasteiger partial charge in [-0.1, -0.05) is 24.3 Å². The molecule has 2 aromatic heterocycles. The van der Waals surface area contributed by atoms with Crippen molar-refractivity contribution < 1.29 is 4.79 Å². The predicted octanol–water partition coefficient (Wildman–Crippen LogP) is 3.07. The number of imidazole rings is 1. The molecule has 28 heavy (non-hydrogen) atoms. The van der Waals surface area contributed by atoms with E-state index in [-0.39, 0.29) is 5.91 Å². The van der Waals surface area contributed by atoms with Crippen LogP contribution in [0.2, 0.25) is 0 Å². The van der Waals surface area contributed by atoms with E-state index >= 15 is 0 Å². The number of aromatic nitrogens is 3. The first-order chi connectivity index (χ1) is 13.8. The van der Waals surface area contributed by atoms with E-state index in [1.807, 2.05) is 47.6 Å². The minimum absolute atomic E-state index is 0.00697. The van der Waals surface area contributed by atoms with Crippen molar-refractivity contribution in [1.29, 1.82) is 0 Å². The number of carbonyl (C=O) groups is 1. The maximum absolute atomic E-state index is 13.2. The van der Waals surface area contributed by atoms with Gasteiger partial charge in [-0.3, -0.25) is 9.69 Å². The van der Waals surface area contributed by atoms with E-state index in [2.05, 4.69) is 19.4 Å². The molecule has 5 rings (SSSR count). The largest absolute Gasteiger partial charge is 0.333 e. The molecule has 4 heterocycles. The van der Waals surface area contributed by atoms with Gasteiger partial charge in [0.05, 0.1) is 29.8 Å². The summed E-state index contributed by atoms with van der Waals surface area (Å²) in [6, 6.07) is 11.7. The second-order valence-electron chi connectivity index (χ2n) is 7.78. The highest BCUT2D eigenvalue weighted by Crippen LogP contribution is 2.21. The molecule has 144 valence electrons. The molecule has 3 aromatic rings. The first kappa shape index (κ1) is 17.4. The molecule has 2 aliphatic rings. The first-order valence-electron chi connectivity index (χ1n) is 10.2. The number of pyridine rings is 1. The minimum Gasteiger partial charge on any atom is -0.333 e. The van der Waals surface area contributed by atoms with E-state index in [1.165, 1.54) is 18.5 Å². The number of amides is 1. The highest BCUT2D eigenvalue weighted by molar-refractivity contribution is 5.94. The Hall–Kier alpha value is -2.73. The van der Waals surface area contributed by atoms with Crippen molar-refractivity contribution in [2.24, 2.45) is 0 Å². The molecular formula is C22H25N5O. The molecule has 0 N–H and O–H groups in total. The van der Waals surface area contributed by atoms with E-state index in [0.717, 1.165) is 55.7 Å². The van der Waals surface area contributed by atoms with Gasteiger partial charge < -0.3 is 9.47 Å². The van der Waals surface area contributed by atoms with Crippen LogP contribution in [0, 0.1) is 0 Å². The zero-order valence-electron chi connectivity index (χ0n) is 16.0. The molecule has 0 saturated carbocycles. The molecule has 1 fully saturated rings. The van der Waals surface area contributed by atoms with Gasteiger partial charge in [0, 0.05) is 25.0 Å². The summed E-state index contributed by atoms with van der Waals surface area (Å²) in [5, 5.41) is 1.06. The average molecular weight is 375 g/mol.